The number of aryl methyl sites for hydroxylation is 1. The maximum atomic E-state index is 13.5. The van der Waals surface area contributed by atoms with E-state index < -0.39 is 28.1 Å². The monoisotopic (exact) mass is 499 g/mol. The van der Waals surface area contributed by atoms with Gasteiger partial charge in [-0.1, -0.05) is 42.5 Å². The van der Waals surface area contributed by atoms with E-state index in [0.717, 1.165) is 35.6 Å². The highest BCUT2D eigenvalue weighted by atomic mass is 32.2. The topological polar surface area (TPSA) is 125 Å². The summed E-state index contributed by atoms with van der Waals surface area (Å²) in [5.41, 5.74) is 8.17. The second kappa shape index (κ2) is 10.8. The van der Waals surface area contributed by atoms with Gasteiger partial charge in [-0.2, -0.15) is 4.31 Å². The number of amides is 3. The Kier molecular flexibility index (Phi) is 7.73. The van der Waals surface area contributed by atoms with Gasteiger partial charge >= 0.3 is 6.03 Å². The molecule has 0 spiro atoms. The van der Waals surface area contributed by atoms with Crippen molar-refractivity contribution in [2.45, 2.75) is 56.6 Å². The summed E-state index contributed by atoms with van der Waals surface area (Å²) in [6.45, 7) is 2.07. The van der Waals surface area contributed by atoms with Crippen molar-refractivity contribution in [2.75, 3.05) is 18.4 Å². The lowest BCUT2D eigenvalue weighted by atomic mass is 9.92. The average Bonchev–Trinajstić information content (AvgIpc) is 3.28. The number of nitrogens with zero attached hydrogens (tertiary/aromatic N) is 2. The maximum Gasteiger partial charge on any atom is 0.323 e. The molecule has 1 aliphatic carbocycles. The van der Waals surface area contributed by atoms with Crippen LogP contribution in [0.25, 0.3) is 0 Å². The van der Waals surface area contributed by atoms with E-state index in [2.05, 4.69) is 10.6 Å². The van der Waals surface area contributed by atoms with Gasteiger partial charge in [0.1, 0.15) is 0 Å². The van der Waals surface area contributed by atoms with Crippen molar-refractivity contribution in [2.24, 2.45) is 5.73 Å². The van der Waals surface area contributed by atoms with Crippen LogP contribution < -0.4 is 16.4 Å². The van der Waals surface area contributed by atoms with Crippen molar-refractivity contribution in [3.63, 3.8) is 0 Å². The smallest absolute Gasteiger partial charge is 0.323 e. The zero-order chi connectivity index (χ0) is 25.0. The van der Waals surface area contributed by atoms with Crippen LogP contribution in [-0.4, -0.2) is 60.9 Å². The van der Waals surface area contributed by atoms with Crippen molar-refractivity contribution in [3.8, 4) is 0 Å². The summed E-state index contributed by atoms with van der Waals surface area (Å²) in [7, 11) is -3.87. The predicted octanol–water partition coefficient (Wildman–Crippen LogP) is 2.39. The van der Waals surface area contributed by atoms with Gasteiger partial charge in [0.05, 0.1) is 5.75 Å². The quantitative estimate of drug-likeness (QED) is 0.563. The lowest BCUT2D eigenvalue weighted by Crippen LogP contribution is -2.56. The van der Waals surface area contributed by atoms with Gasteiger partial charge in [-0.3, -0.25) is 9.69 Å². The largest absolute Gasteiger partial charge is 0.350 e. The van der Waals surface area contributed by atoms with E-state index in [1.807, 2.05) is 31.2 Å². The van der Waals surface area contributed by atoms with Gasteiger partial charge < -0.3 is 16.4 Å². The summed E-state index contributed by atoms with van der Waals surface area (Å²) in [5, 5.41) is 5.79. The third-order valence-corrected chi connectivity index (χ3v) is 8.36. The van der Waals surface area contributed by atoms with E-state index in [-0.39, 0.29) is 30.9 Å². The molecule has 0 aromatic heterocycles. The van der Waals surface area contributed by atoms with Gasteiger partial charge in [-0.05, 0) is 55.9 Å². The first-order chi connectivity index (χ1) is 16.7. The van der Waals surface area contributed by atoms with Gasteiger partial charge in [0.2, 0.25) is 10.0 Å². The Morgan fingerprint density at radius 2 is 1.71 bits per heavy atom. The number of nitrogens with two attached hydrogens (primary N) is 1. The van der Waals surface area contributed by atoms with Gasteiger partial charge in [0, 0.05) is 30.9 Å². The second-order valence-corrected chi connectivity index (χ2v) is 11.3. The first-order valence-electron chi connectivity index (χ1n) is 12.0. The van der Waals surface area contributed by atoms with Crippen molar-refractivity contribution in [1.29, 1.82) is 0 Å². The number of nitrogens with one attached hydrogen (secondary N) is 2. The highest BCUT2D eigenvalue weighted by molar-refractivity contribution is 7.88. The standard InChI is InChI=1S/C25H33N5O4S/c1-18-6-5-9-22(16-18)28-25(32)29-14-15-30(35(33,34)17-19-7-3-2-4-8-19)24(29)23(31)27-21-12-10-20(26)11-13-21/h2-9,16,20-21,24H,10-15,17,26H2,1H3,(H,27,31)(H,28,32). The SMILES string of the molecule is Cc1cccc(NC(=O)N2CCN(S(=O)(=O)Cc3ccccc3)C2C(=O)NC2CCC(N)CC2)c1. The highest BCUT2D eigenvalue weighted by Crippen LogP contribution is 2.25. The molecule has 2 aromatic carbocycles. The third-order valence-electron chi connectivity index (χ3n) is 6.56. The molecule has 1 saturated heterocycles. The fraction of sp³-hybridized carbons (Fsp3) is 0.440. The summed E-state index contributed by atoms with van der Waals surface area (Å²) >= 11 is 0. The van der Waals surface area contributed by atoms with Crippen molar-refractivity contribution in [1.82, 2.24) is 14.5 Å². The lowest BCUT2D eigenvalue weighted by Gasteiger charge is -2.32. The van der Waals surface area contributed by atoms with E-state index in [1.54, 1.807) is 30.3 Å². The Labute approximate surface area is 206 Å². The molecule has 4 N–H and O–H groups in total. The van der Waals surface area contributed by atoms with Crippen molar-refractivity contribution in [3.05, 3.63) is 65.7 Å². The molecule has 0 bridgehead atoms. The van der Waals surface area contributed by atoms with Crippen LogP contribution >= 0.6 is 0 Å². The second-order valence-electron chi connectivity index (χ2n) is 9.34. The Bertz CT molecular complexity index is 1150. The highest BCUT2D eigenvalue weighted by Gasteiger charge is 2.46. The summed E-state index contributed by atoms with van der Waals surface area (Å²) in [6.07, 6.45) is 1.79. The molecule has 1 atom stereocenters. The van der Waals surface area contributed by atoms with E-state index >= 15 is 0 Å². The zero-order valence-electron chi connectivity index (χ0n) is 19.9. The van der Waals surface area contributed by atoms with Crippen LogP contribution in [-0.2, 0) is 20.6 Å². The first kappa shape index (κ1) is 25.2. The van der Waals surface area contributed by atoms with E-state index in [0.29, 0.717) is 11.3 Å². The number of benzene rings is 2. The molecule has 2 aliphatic rings. The number of hydrogen-bond acceptors (Lipinski definition) is 5. The summed E-state index contributed by atoms with van der Waals surface area (Å²) in [4.78, 5) is 28.0. The van der Waals surface area contributed by atoms with Crippen LogP contribution in [0.2, 0.25) is 0 Å². The Morgan fingerprint density at radius 1 is 1.00 bits per heavy atom. The summed E-state index contributed by atoms with van der Waals surface area (Å²) < 4.78 is 27.9. The molecule has 2 fully saturated rings. The number of rotatable bonds is 6. The molecule has 1 heterocycles. The van der Waals surface area contributed by atoms with Gasteiger partial charge in [-0.25, -0.2) is 13.2 Å². The number of hydrogen-bond donors (Lipinski definition) is 3. The van der Waals surface area contributed by atoms with Gasteiger partial charge in [0.25, 0.3) is 5.91 Å². The predicted molar refractivity (Wildman–Crippen MR) is 135 cm³/mol. The summed E-state index contributed by atoms with van der Waals surface area (Å²) in [6, 6.07) is 15.6. The Balaban J connectivity index is 1.56. The minimum atomic E-state index is -3.87. The number of anilines is 1. The molecule has 1 aliphatic heterocycles. The zero-order valence-corrected chi connectivity index (χ0v) is 20.7. The molecule has 1 saturated carbocycles. The van der Waals surface area contributed by atoms with Crippen LogP contribution in [0.15, 0.2) is 54.6 Å². The fourth-order valence-corrected chi connectivity index (χ4v) is 6.36. The van der Waals surface area contributed by atoms with Crippen LogP contribution in [0, 0.1) is 6.92 Å². The lowest BCUT2D eigenvalue weighted by molar-refractivity contribution is -0.128. The van der Waals surface area contributed by atoms with Crippen LogP contribution in [0.4, 0.5) is 10.5 Å². The first-order valence-corrected chi connectivity index (χ1v) is 13.6. The van der Waals surface area contributed by atoms with Crippen LogP contribution in [0.5, 0.6) is 0 Å². The number of carbonyl (C=O) groups excluding carboxylic acids is 2. The molecule has 4 rings (SSSR count). The minimum Gasteiger partial charge on any atom is -0.350 e. The molecule has 35 heavy (non-hydrogen) atoms. The molecule has 9 nitrogen and oxygen atoms in total. The van der Waals surface area contributed by atoms with E-state index in [9.17, 15) is 18.0 Å². The van der Waals surface area contributed by atoms with Gasteiger partial charge in [0.15, 0.2) is 6.17 Å². The molecule has 0 radical (unpaired) electrons. The van der Waals surface area contributed by atoms with Crippen LogP contribution in [0.3, 0.4) is 0 Å². The normalized spacial score (nSPS) is 23.1. The fourth-order valence-electron chi connectivity index (χ4n) is 4.71. The average molecular weight is 500 g/mol. The Hall–Kier alpha value is -2.95. The van der Waals surface area contributed by atoms with E-state index in [1.165, 1.54) is 4.90 Å². The molecule has 2 aromatic rings. The molecule has 1 unspecified atom stereocenters. The van der Waals surface area contributed by atoms with Crippen molar-refractivity contribution < 1.29 is 18.0 Å². The number of carbonyl (C=O) groups is 2. The van der Waals surface area contributed by atoms with Gasteiger partial charge in [-0.15, -0.1) is 0 Å². The molecular weight excluding hydrogens is 466 g/mol. The summed E-state index contributed by atoms with van der Waals surface area (Å²) in [5.74, 6) is -0.734. The van der Waals surface area contributed by atoms with Crippen molar-refractivity contribution >= 4 is 27.6 Å². The number of sulfonamides is 1. The van der Waals surface area contributed by atoms with Crippen LogP contribution in [0.1, 0.15) is 36.8 Å². The minimum absolute atomic E-state index is 0.0457. The maximum absolute atomic E-state index is 13.5. The number of urea groups is 1. The third kappa shape index (κ3) is 6.19. The molecular formula is C25H33N5O4S. The Morgan fingerprint density at radius 3 is 2.40 bits per heavy atom. The molecule has 188 valence electrons. The molecule has 10 heteroatoms. The van der Waals surface area contributed by atoms with E-state index in [4.69, 9.17) is 5.73 Å². The molecule has 3 amide bonds.